The van der Waals surface area contributed by atoms with Crippen LogP contribution in [0.25, 0.3) is 10.9 Å². The SMILES string of the molecule is O=[N+]([O-])c1cnc2c(Br)ccc(F)c2c1Cl. The summed E-state index contributed by atoms with van der Waals surface area (Å²) in [6.45, 7) is 0. The monoisotopic (exact) mass is 304 g/mol. The Morgan fingerprint density at radius 3 is 2.81 bits per heavy atom. The average molecular weight is 305 g/mol. The minimum Gasteiger partial charge on any atom is -0.258 e. The Hall–Kier alpha value is -1.27. The van der Waals surface area contributed by atoms with Crippen molar-refractivity contribution in [3.8, 4) is 0 Å². The van der Waals surface area contributed by atoms with E-state index in [1.807, 2.05) is 0 Å². The summed E-state index contributed by atoms with van der Waals surface area (Å²) in [4.78, 5) is 13.7. The number of hydrogen-bond donors (Lipinski definition) is 0. The standard InChI is InChI=1S/C9H3BrClFN2O2/c10-4-1-2-5(12)7-8(11)6(14(15)16)3-13-9(4)7/h1-3H. The van der Waals surface area contributed by atoms with Crippen LogP contribution in [0.4, 0.5) is 10.1 Å². The minimum atomic E-state index is -0.699. The van der Waals surface area contributed by atoms with Gasteiger partial charge in [0.1, 0.15) is 17.0 Å². The quantitative estimate of drug-likeness (QED) is 0.596. The summed E-state index contributed by atoms with van der Waals surface area (Å²) in [7, 11) is 0. The van der Waals surface area contributed by atoms with Crippen molar-refractivity contribution >= 4 is 44.1 Å². The summed E-state index contributed by atoms with van der Waals surface area (Å²) in [6.07, 6.45) is 1.01. The lowest BCUT2D eigenvalue weighted by Gasteiger charge is -2.03. The third-order valence-corrected chi connectivity index (χ3v) is 3.06. The van der Waals surface area contributed by atoms with Crippen molar-refractivity contribution in [1.82, 2.24) is 4.98 Å². The molecule has 0 aliphatic rings. The van der Waals surface area contributed by atoms with E-state index in [4.69, 9.17) is 11.6 Å². The van der Waals surface area contributed by atoms with Crippen molar-refractivity contribution in [2.24, 2.45) is 0 Å². The van der Waals surface area contributed by atoms with Crippen LogP contribution in [0.5, 0.6) is 0 Å². The van der Waals surface area contributed by atoms with Gasteiger partial charge >= 0.3 is 5.69 Å². The van der Waals surface area contributed by atoms with Gasteiger partial charge in [0.25, 0.3) is 0 Å². The molecule has 0 fully saturated rings. The van der Waals surface area contributed by atoms with Crippen molar-refractivity contribution in [3.05, 3.63) is 43.8 Å². The Labute approximate surface area is 102 Å². The van der Waals surface area contributed by atoms with Gasteiger partial charge in [-0.05, 0) is 28.1 Å². The van der Waals surface area contributed by atoms with E-state index in [0.29, 0.717) is 4.47 Å². The van der Waals surface area contributed by atoms with Gasteiger partial charge in [0.15, 0.2) is 0 Å². The Bertz CT molecular complexity index is 606. The normalized spacial score (nSPS) is 10.7. The van der Waals surface area contributed by atoms with E-state index in [2.05, 4.69) is 20.9 Å². The van der Waals surface area contributed by atoms with Crippen LogP contribution in [0.3, 0.4) is 0 Å². The van der Waals surface area contributed by atoms with Gasteiger partial charge in [0.05, 0.1) is 15.8 Å². The van der Waals surface area contributed by atoms with Gasteiger partial charge in [-0.15, -0.1) is 0 Å². The Balaban J connectivity index is 2.94. The molecule has 2 aromatic rings. The van der Waals surface area contributed by atoms with E-state index in [0.717, 1.165) is 6.20 Å². The maximum absolute atomic E-state index is 13.5. The highest BCUT2D eigenvalue weighted by molar-refractivity contribution is 9.10. The number of pyridine rings is 1. The second-order valence-corrected chi connectivity index (χ2v) is 4.20. The van der Waals surface area contributed by atoms with Crippen molar-refractivity contribution in [1.29, 1.82) is 0 Å². The summed E-state index contributed by atoms with van der Waals surface area (Å²) in [5.41, 5.74) is -0.151. The van der Waals surface area contributed by atoms with E-state index < -0.39 is 16.4 Å². The van der Waals surface area contributed by atoms with Crippen LogP contribution in [-0.2, 0) is 0 Å². The molecular weight excluding hydrogens is 302 g/mol. The first-order valence-corrected chi connectivity index (χ1v) is 5.26. The molecule has 4 nitrogen and oxygen atoms in total. The largest absolute Gasteiger partial charge is 0.306 e. The van der Waals surface area contributed by atoms with Gasteiger partial charge in [-0.3, -0.25) is 10.1 Å². The molecule has 82 valence electrons. The highest BCUT2D eigenvalue weighted by Gasteiger charge is 2.19. The van der Waals surface area contributed by atoms with E-state index in [9.17, 15) is 14.5 Å². The van der Waals surface area contributed by atoms with Crippen LogP contribution in [0.15, 0.2) is 22.8 Å². The summed E-state index contributed by atoms with van der Waals surface area (Å²) in [6, 6.07) is 2.64. The lowest BCUT2D eigenvalue weighted by atomic mass is 10.2. The zero-order valence-corrected chi connectivity index (χ0v) is 9.92. The van der Waals surface area contributed by atoms with Crippen molar-refractivity contribution < 1.29 is 9.31 Å². The molecule has 0 aliphatic carbocycles. The molecule has 1 heterocycles. The molecule has 0 atom stereocenters. The minimum absolute atomic E-state index is 0.0507. The van der Waals surface area contributed by atoms with E-state index in [1.165, 1.54) is 12.1 Å². The number of aromatic nitrogens is 1. The fourth-order valence-corrected chi connectivity index (χ4v) is 2.04. The van der Waals surface area contributed by atoms with Crippen LogP contribution in [0.1, 0.15) is 0 Å². The Kier molecular flexibility index (Phi) is 2.77. The number of nitro groups is 1. The van der Waals surface area contributed by atoms with Crippen LogP contribution in [0.2, 0.25) is 5.02 Å². The average Bonchev–Trinajstić information content (AvgIpc) is 2.23. The molecule has 0 saturated heterocycles. The van der Waals surface area contributed by atoms with Gasteiger partial charge in [0.2, 0.25) is 0 Å². The first kappa shape index (κ1) is 11.2. The van der Waals surface area contributed by atoms with Crippen LogP contribution >= 0.6 is 27.5 Å². The second-order valence-electron chi connectivity index (χ2n) is 2.97. The maximum Gasteiger partial charge on any atom is 0.306 e. The molecule has 0 radical (unpaired) electrons. The molecule has 0 aliphatic heterocycles. The zero-order valence-electron chi connectivity index (χ0n) is 7.58. The molecule has 0 N–H and O–H groups in total. The molecule has 2 rings (SSSR count). The first-order chi connectivity index (χ1) is 7.52. The topological polar surface area (TPSA) is 56.0 Å². The summed E-state index contributed by atoms with van der Waals surface area (Å²) >= 11 is 8.94. The van der Waals surface area contributed by atoms with Gasteiger partial charge in [0, 0.05) is 4.47 Å². The third-order valence-electron chi connectivity index (χ3n) is 2.03. The number of halogens is 3. The van der Waals surface area contributed by atoms with E-state index >= 15 is 0 Å². The van der Waals surface area contributed by atoms with Crippen molar-refractivity contribution in [3.63, 3.8) is 0 Å². The van der Waals surface area contributed by atoms with Gasteiger partial charge in [-0.2, -0.15) is 0 Å². The molecule has 0 spiro atoms. The molecule has 0 saturated carbocycles. The number of nitrogens with zero attached hydrogens (tertiary/aromatic N) is 2. The van der Waals surface area contributed by atoms with Gasteiger partial charge in [-0.25, -0.2) is 9.37 Å². The third kappa shape index (κ3) is 1.64. The number of hydrogen-bond acceptors (Lipinski definition) is 3. The molecule has 0 bridgehead atoms. The first-order valence-electron chi connectivity index (χ1n) is 4.09. The number of fused-ring (bicyclic) bond motifs is 1. The fraction of sp³-hybridized carbons (Fsp3) is 0. The molecule has 16 heavy (non-hydrogen) atoms. The van der Waals surface area contributed by atoms with Crippen LogP contribution in [-0.4, -0.2) is 9.91 Å². The molecular formula is C9H3BrClFN2O2. The highest BCUT2D eigenvalue weighted by atomic mass is 79.9. The van der Waals surface area contributed by atoms with Gasteiger partial charge < -0.3 is 0 Å². The van der Waals surface area contributed by atoms with E-state index in [1.54, 1.807) is 0 Å². The smallest absolute Gasteiger partial charge is 0.258 e. The molecule has 0 unspecified atom stereocenters. The maximum atomic E-state index is 13.5. The van der Waals surface area contributed by atoms with Crippen molar-refractivity contribution in [2.45, 2.75) is 0 Å². The Morgan fingerprint density at radius 1 is 1.50 bits per heavy atom. The van der Waals surface area contributed by atoms with Gasteiger partial charge in [-0.1, -0.05) is 11.6 Å². The van der Waals surface area contributed by atoms with Crippen molar-refractivity contribution in [2.75, 3.05) is 0 Å². The highest BCUT2D eigenvalue weighted by Crippen LogP contribution is 2.35. The van der Waals surface area contributed by atoms with Crippen LogP contribution in [0, 0.1) is 15.9 Å². The summed E-state index contributed by atoms with van der Waals surface area (Å²) in [5.74, 6) is -0.639. The summed E-state index contributed by atoms with van der Waals surface area (Å²) < 4.78 is 14.0. The molecule has 1 aromatic carbocycles. The Morgan fingerprint density at radius 2 is 2.19 bits per heavy atom. The lowest BCUT2D eigenvalue weighted by molar-refractivity contribution is -0.384. The van der Waals surface area contributed by atoms with Crippen LogP contribution < -0.4 is 0 Å². The van der Waals surface area contributed by atoms with E-state index in [-0.39, 0.29) is 15.9 Å². The molecule has 0 amide bonds. The molecule has 7 heteroatoms. The second kappa shape index (κ2) is 3.95. The fourth-order valence-electron chi connectivity index (χ4n) is 1.31. The zero-order chi connectivity index (χ0) is 11.9. The summed E-state index contributed by atoms with van der Waals surface area (Å²) in [5, 5.41) is 10.3. The predicted molar refractivity (Wildman–Crippen MR) is 61.1 cm³/mol. The lowest BCUT2D eigenvalue weighted by Crippen LogP contribution is -1.94. The number of rotatable bonds is 1. The predicted octanol–water partition coefficient (Wildman–Crippen LogP) is 3.70. The number of benzene rings is 1. The molecule has 1 aromatic heterocycles.